The lowest BCUT2D eigenvalue weighted by Crippen LogP contribution is -2.44. The molecule has 2 aromatic rings. The fraction of sp³-hybridized carbons (Fsp3) is 0.421. The molecule has 1 aromatic carbocycles. The average molecular weight is 342 g/mol. The van der Waals surface area contributed by atoms with Crippen molar-refractivity contribution in [3.8, 4) is 0 Å². The summed E-state index contributed by atoms with van der Waals surface area (Å²) in [6.07, 6.45) is 1.69. The Balaban J connectivity index is 1.99. The average Bonchev–Trinajstić information content (AvgIpc) is 2.97. The van der Waals surface area contributed by atoms with Gasteiger partial charge in [0.25, 0.3) is 5.91 Å². The molecular formula is C19H23FN4O. The molecule has 3 rings (SSSR count). The Morgan fingerprint density at radius 1 is 1.24 bits per heavy atom. The molecule has 2 heterocycles. The zero-order valence-electron chi connectivity index (χ0n) is 15.1. The van der Waals surface area contributed by atoms with Crippen molar-refractivity contribution < 1.29 is 9.18 Å². The maximum atomic E-state index is 13.2. The lowest BCUT2D eigenvalue weighted by Gasteiger charge is -2.34. The lowest BCUT2D eigenvalue weighted by atomic mass is 9.96. The topological polar surface area (TPSA) is 49.3 Å². The summed E-state index contributed by atoms with van der Waals surface area (Å²) in [6, 6.07) is 7.60. The number of likely N-dealkylation sites (tertiary alicyclic amines) is 1. The molecule has 1 amide bonds. The van der Waals surface area contributed by atoms with Gasteiger partial charge in [-0.2, -0.15) is 0 Å². The van der Waals surface area contributed by atoms with Gasteiger partial charge in [-0.3, -0.25) is 4.79 Å². The van der Waals surface area contributed by atoms with Crippen LogP contribution in [-0.4, -0.2) is 41.4 Å². The van der Waals surface area contributed by atoms with Gasteiger partial charge in [0.15, 0.2) is 5.82 Å². The number of aromatic nitrogens is 2. The smallest absolute Gasteiger partial charge is 0.254 e. The van der Waals surface area contributed by atoms with E-state index in [4.69, 9.17) is 0 Å². The van der Waals surface area contributed by atoms with Crippen LogP contribution < -0.4 is 4.90 Å². The van der Waals surface area contributed by atoms with Crippen LogP contribution in [-0.2, 0) is 5.54 Å². The number of hydrogen-bond acceptors (Lipinski definition) is 4. The first-order valence-corrected chi connectivity index (χ1v) is 8.42. The van der Waals surface area contributed by atoms with E-state index in [-0.39, 0.29) is 11.7 Å². The zero-order chi connectivity index (χ0) is 18.2. The number of anilines is 1. The normalized spacial score (nSPS) is 20.0. The summed E-state index contributed by atoms with van der Waals surface area (Å²) in [4.78, 5) is 26.0. The number of halogens is 1. The van der Waals surface area contributed by atoms with Gasteiger partial charge in [-0.15, -0.1) is 0 Å². The maximum Gasteiger partial charge on any atom is 0.254 e. The van der Waals surface area contributed by atoms with Gasteiger partial charge in [-0.25, -0.2) is 14.4 Å². The first-order valence-electron chi connectivity index (χ1n) is 8.42. The minimum atomic E-state index is -0.567. The van der Waals surface area contributed by atoms with E-state index in [1.54, 1.807) is 0 Å². The predicted octanol–water partition coefficient (Wildman–Crippen LogP) is 3.14. The summed E-state index contributed by atoms with van der Waals surface area (Å²) >= 11 is 0. The monoisotopic (exact) mass is 342 g/mol. The third kappa shape index (κ3) is 3.21. The minimum Gasteiger partial charge on any atom is -0.363 e. The maximum absolute atomic E-state index is 13.2. The van der Waals surface area contributed by atoms with E-state index >= 15 is 0 Å². The first-order chi connectivity index (χ1) is 11.8. The quantitative estimate of drug-likeness (QED) is 0.860. The zero-order valence-corrected chi connectivity index (χ0v) is 15.1. The third-order valence-corrected chi connectivity index (χ3v) is 4.76. The Bertz CT molecular complexity index is 791. The molecular weight excluding hydrogens is 319 g/mol. The first kappa shape index (κ1) is 17.3. The highest BCUT2D eigenvalue weighted by molar-refractivity contribution is 5.95. The van der Waals surface area contributed by atoms with Gasteiger partial charge in [0.1, 0.15) is 17.2 Å². The highest BCUT2D eigenvalue weighted by Gasteiger charge is 2.44. The van der Waals surface area contributed by atoms with Gasteiger partial charge < -0.3 is 9.80 Å². The van der Waals surface area contributed by atoms with E-state index < -0.39 is 5.54 Å². The molecule has 1 atom stereocenters. The van der Waals surface area contributed by atoms with Crippen molar-refractivity contribution in [2.24, 2.45) is 0 Å². The summed E-state index contributed by atoms with van der Waals surface area (Å²) < 4.78 is 13.2. The second-order valence-electron chi connectivity index (χ2n) is 6.93. The van der Waals surface area contributed by atoms with Gasteiger partial charge in [0, 0.05) is 38.0 Å². The molecule has 1 fully saturated rings. The van der Waals surface area contributed by atoms with Crippen LogP contribution in [0.3, 0.4) is 0 Å². The van der Waals surface area contributed by atoms with E-state index in [0.717, 1.165) is 24.4 Å². The summed E-state index contributed by atoms with van der Waals surface area (Å²) in [5.41, 5.74) is 0.786. The van der Waals surface area contributed by atoms with Crippen LogP contribution in [0.15, 0.2) is 30.3 Å². The molecule has 25 heavy (non-hydrogen) atoms. The van der Waals surface area contributed by atoms with Gasteiger partial charge in [0.05, 0.1) is 0 Å². The molecule has 132 valence electrons. The van der Waals surface area contributed by atoms with Crippen molar-refractivity contribution in [2.75, 3.05) is 25.5 Å². The number of carbonyl (C=O) groups excluding carboxylic acids is 1. The van der Waals surface area contributed by atoms with Crippen molar-refractivity contribution in [2.45, 2.75) is 32.2 Å². The van der Waals surface area contributed by atoms with Crippen LogP contribution in [0.2, 0.25) is 0 Å². The Morgan fingerprint density at radius 3 is 2.56 bits per heavy atom. The van der Waals surface area contributed by atoms with Gasteiger partial charge in [-0.05, 0) is 51.0 Å². The molecule has 0 bridgehead atoms. The molecule has 1 aliphatic heterocycles. The number of hydrogen-bond donors (Lipinski definition) is 0. The minimum absolute atomic E-state index is 0.114. The molecule has 0 aliphatic carbocycles. The van der Waals surface area contributed by atoms with Crippen LogP contribution in [0.25, 0.3) is 0 Å². The third-order valence-electron chi connectivity index (χ3n) is 4.76. The van der Waals surface area contributed by atoms with Crippen molar-refractivity contribution >= 4 is 11.7 Å². The summed E-state index contributed by atoms with van der Waals surface area (Å²) in [5, 5.41) is 0. The number of rotatable bonds is 3. The fourth-order valence-corrected chi connectivity index (χ4v) is 3.29. The summed E-state index contributed by atoms with van der Waals surface area (Å²) in [6.45, 7) is 4.58. The Hall–Kier alpha value is -2.50. The lowest BCUT2D eigenvalue weighted by molar-refractivity contribution is 0.0603. The van der Waals surface area contributed by atoms with E-state index in [9.17, 15) is 9.18 Å². The van der Waals surface area contributed by atoms with Crippen LogP contribution in [0, 0.1) is 12.7 Å². The summed E-state index contributed by atoms with van der Waals surface area (Å²) in [5.74, 6) is 1.02. The number of carbonyl (C=O) groups is 1. The predicted molar refractivity (Wildman–Crippen MR) is 95.1 cm³/mol. The van der Waals surface area contributed by atoms with Crippen LogP contribution in [0.5, 0.6) is 0 Å². The van der Waals surface area contributed by atoms with Gasteiger partial charge >= 0.3 is 0 Å². The van der Waals surface area contributed by atoms with Crippen molar-refractivity contribution in [1.29, 1.82) is 0 Å². The second kappa shape index (κ2) is 6.43. The summed E-state index contributed by atoms with van der Waals surface area (Å²) in [7, 11) is 3.87. The van der Waals surface area contributed by atoms with Crippen molar-refractivity contribution in [3.05, 3.63) is 53.2 Å². The molecule has 0 radical (unpaired) electrons. The molecule has 1 aromatic heterocycles. The molecule has 0 saturated carbocycles. The van der Waals surface area contributed by atoms with Crippen molar-refractivity contribution in [3.63, 3.8) is 0 Å². The molecule has 6 heteroatoms. The van der Waals surface area contributed by atoms with E-state index in [2.05, 4.69) is 9.97 Å². The Labute approximate surface area is 147 Å². The van der Waals surface area contributed by atoms with Crippen LogP contribution >= 0.6 is 0 Å². The Morgan fingerprint density at radius 2 is 1.92 bits per heavy atom. The van der Waals surface area contributed by atoms with Crippen LogP contribution in [0.4, 0.5) is 10.2 Å². The fourth-order valence-electron chi connectivity index (χ4n) is 3.29. The van der Waals surface area contributed by atoms with E-state index in [1.807, 2.05) is 43.8 Å². The van der Waals surface area contributed by atoms with E-state index in [0.29, 0.717) is 17.9 Å². The molecule has 5 nitrogen and oxygen atoms in total. The number of aryl methyl sites for hydroxylation is 1. The largest absolute Gasteiger partial charge is 0.363 e. The SMILES string of the molecule is Cc1cc(N(C)C)nc(C2(C)CCCN2C(=O)c2ccc(F)cc2)n1. The second-order valence-corrected chi connectivity index (χ2v) is 6.93. The van der Waals surface area contributed by atoms with Gasteiger partial charge in [-0.1, -0.05) is 0 Å². The highest BCUT2D eigenvalue weighted by atomic mass is 19.1. The van der Waals surface area contributed by atoms with Crippen LogP contribution in [0.1, 0.15) is 41.6 Å². The Kier molecular flexibility index (Phi) is 4.45. The molecule has 1 unspecified atom stereocenters. The molecule has 0 spiro atoms. The highest BCUT2D eigenvalue weighted by Crippen LogP contribution is 2.38. The molecule has 1 saturated heterocycles. The van der Waals surface area contributed by atoms with Crippen molar-refractivity contribution in [1.82, 2.24) is 14.9 Å². The number of amides is 1. The van der Waals surface area contributed by atoms with Gasteiger partial charge in [0.2, 0.25) is 0 Å². The number of benzene rings is 1. The molecule has 1 aliphatic rings. The van der Waals surface area contributed by atoms with E-state index in [1.165, 1.54) is 24.3 Å². The number of nitrogens with zero attached hydrogens (tertiary/aromatic N) is 4. The standard InChI is InChI=1S/C19H23FN4O/c1-13-12-16(23(3)4)22-18(21-13)19(2)10-5-11-24(19)17(25)14-6-8-15(20)9-7-14/h6-9,12H,5,10-11H2,1-4H3. The molecule has 0 N–H and O–H groups in total.